The number of hydrogen-bond acceptors (Lipinski definition) is 3. The van der Waals surface area contributed by atoms with E-state index < -0.39 is 0 Å². The lowest BCUT2D eigenvalue weighted by molar-refractivity contribution is 0.275. The van der Waals surface area contributed by atoms with Crippen molar-refractivity contribution >= 4 is 5.69 Å². The predicted molar refractivity (Wildman–Crippen MR) is 73.4 cm³/mol. The Kier molecular flexibility index (Phi) is 3.69. The van der Waals surface area contributed by atoms with Crippen LogP contribution in [0.1, 0.15) is 18.1 Å². The number of aryl methyl sites for hydroxylation is 1. The first kappa shape index (κ1) is 12.4. The van der Waals surface area contributed by atoms with Gasteiger partial charge in [-0.3, -0.25) is 0 Å². The number of nitrogens with zero attached hydrogens (tertiary/aromatic N) is 2. The third-order valence-corrected chi connectivity index (χ3v) is 3.59. The highest BCUT2D eigenvalue weighted by molar-refractivity contribution is 5.56. The van der Waals surface area contributed by atoms with Crippen molar-refractivity contribution in [2.75, 3.05) is 31.6 Å². The van der Waals surface area contributed by atoms with Gasteiger partial charge in [0, 0.05) is 37.9 Å². The molecule has 2 N–H and O–H groups in total. The van der Waals surface area contributed by atoms with E-state index in [0.717, 1.165) is 19.6 Å². The molecule has 3 nitrogen and oxygen atoms in total. The molecular formula is C14H23N3. The molecule has 1 aromatic rings. The molecule has 0 aromatic heterocycles. The molecule has 3 heteroatoms. The number of piperazine rings is 1. The number of benzene rings is 1. The molecule has 17 heavy (non-hydrogen) atoms. The van der Waals surface area contributed by atoms with Crippen molar-refractivity contribution in [1.82, 2.24) is 4.90 Å². The lowest BCUT2D eigenvalue weighted by atomic mass is 10.1. The van der Waals surface area contributed by atoms with Crippen molar-refractivity contribution < 1.29 is 0 Å². The van der Waals surface area contributed by atoms with E-state index >= 15 is 0 Å². The highest BCUT2D eigenvalue weighted by Gasteiger charge is 2.22. The van der Waals surface area contributed by atoms with E-state index in [1.807, 2.05) is 0 Å². The molecule has 1 heterocycles. The van der Waals surface area contributed by atoms with Gasteiger partial charge in [0.1, 0.15) is 0 Å². The molecule has 1 atom stereocenters. The third kappa shape index (κ3) is 2.61. The van der Waals surface area contributed by atoms with Gasteiger partial charge in [0.25, 0.3) is 0 Å². The fourth-order valence-corrected chi connectivity index (χ4v) is 2.66. The Bertz CT molecular complexity index is 389. The van der Waals surface area contributed by atoms with Crippen LogP contribution in [0.15, 0.2) is 18.2 Å². The quantitative estimate of drug-likeness (QED) is 0.842. The van der Waals surface area contributed by atoms with Crippen LogP contribution in [0, 0.1) is 6.92 Å². The summed E-state index contributed by atoms with van der Waals surface area (Å²) >= 11 is 0. The Labute approximate surface area is 104 Å². The third-order valence-electron chi connectivity index (χ3n) is 3.59. The Morgan fingerprint density at radius 3 is 2.76 bits per heavy atom. The van der Waals surface area contributed by atoms with Crippen LogP contribution >= 0.6 is 0 Å². The summed E-state index contributed by atoms with van der Waals surface area (Å²) in [4.78, 5) is 4.87. The van der Waals surface area contributed by atoms with E-state index in [2.05, 4.69) is 48.9 Å². The van der Waals surface area contributed by atoms with Gasteiger partial charge < -0.3 is 15.5 Å². The summed E-state index contributed by atoms with van der Waals surface area (Å²) in [5.74, 6) is 0. The molecular weight excluding hydrogens is 210 g/mol. The van der Waals surface area contributed by atoms with Gasteiger partial charge in [-0.05, 0) is 32.5 Å². The Hall–Kier alpha value is -1.06. The van der Waals surface area contributed by atoms with Crippen LogP contribution in [0.2, 0.25) is 0 Å². The Balaban J connectivity index is 2.27. The minimum atomic E-state index is 0.557. The fraction of sp³-hybridized carbons (Fsp3) is 0.571. The van der Waals surface area contributed by atoms with Gasteiger partial charge in [-0.1, -0.05) is 17.7 Å². The number of rotatable bonds is 2. The first-order valence-electron chi connectivity index (χ1n) is 6.36. The lowest BCUT2D eigenvalue weighted by Gasteiger charge is -2.40. The molecule has 0 spiro atoms. The van der Waals surface area contributed by atoms with Gasteiger partial charge in [0.05, 0.1) is 0 Å². The normalized spacial score (nSPS) is 21.9. The fourth-order valence-electron chi connectivity index (χ4n) is 2.66. The monoisotopic (exact) mass is 233 g/mol. The molecule has 0 saturated carbocycles. The van der Waals surface area contributed by atoms with E-state index in [9.17, 15) is 0 Å². The van der Waals surface area contributed by atoms with E-state index in [0.29, 0.717) is 12.6 Å². The van der Waals surface area contributed by atoms with Crippen molar-refractivity contribution in [3.8, 4) is 0 Å². The molecule has 0 radical (unpaired) electrons. The van der Waals surface area contributed by atoms with Gasteiger partial charge in [-0.25, -0.2) is 0 Å². The van der Waals surface area contributed by atoms with Crippen molar-refractivity contribution in [3.63, 3.8) is 0 Å². The van der Waals surface area contributed by atoms with Gasteiger partial charge in [0.2, 0.25) is 0 Å². The second-order valence-corrected chi connectivity index (χ2v) is 5.14. The lowest BCUT2D eigenvalue weighted by Crippen LogP contribution is -2.50. The van der Waals surface area contributed by atoms with Gasteiger partial charge in [-0.2, -0.15) is 0 Å². The summed E-state index contributed by atoms with van der Waals surface area (Å²) < 4.78 is 0. The zero-order chi connectivity index (χ0) is 12.4. The molecule has 1 aliphatic rings. The van der Waals surface area contributed by atoms with E-state index in [4.69, 9.17) is 5.73 Å². The number of nitrogens with two attached hydrogens (primary N) is 1. The molecule has 2 rings (SSSR count). The summed E-state index contributed by atoms with van der Waals surface area (Å²) in [5.41, 5.74) is 9.73. The molecule has 0 amide bonds. The molecule has 1 aliphatic heterocycles. The Morgan fingerprint density at radius 2 is 2.12 bits per heavy atom. The minimum absolute atomic E-state index is 0.557. The highest BCUT2D eigenvalue weighted by atomic mass is 15.3. The summed E-state index contributed by atoms with van der Waals surface area (Å²) in [6.45, 7) is 8.37. The topological polar surface area (TPSA) is 32.5 Å². The minimum Gasteiger partial charge on any atom is -0.366 e. The molecule has 1 saturated heterocycles. The van der Waals surface area contributed by atoms with Crippen LogP contribution in [-0.4, -0.2) is 37.6 Å². The molecule has 1 unspecified atom stereocenters. The van der Waals surface area contributed by atoms with E-state index in [1.54, 1.807) is 0 Å². The smallest absolute Gasteiger partial charge is 0.0415 e. The number of hydrogen-bond donors (Lipinski definition) is 1. The zero-order valence-electron chi connectivity index (χ0n) is 11.1. The number of anilines is 1. The molecule has 94 valence electrons. The average Bonchev–Trinajstić information content (AvgIpc) is 2.30. The van der Waals surface area contributed by atoms with Crippen LogP contribution < -0.4 is 10.6 Å². The largest absolute Gasteiger partial charge is 0.366 e. The predicted octanol–water partition coefficient (Wildman–Crippen LogP) is 1.59. The zero-order valence-corrected chi connectivity index (χ0v) is 11.1. The second-order valence-electron chi connectivity index (χ2n) is 5.14. The first-order valence-corrected chi connectivity index (χ1v) is 6.36. The van der Waals surface area contributed by atoms with Crippen molar-refractivity contribution in [2.45, 2.75) is 26.4 Å². The maximum atomic E-state index is 5.86. The summed E-state index contributed by atoms with van der Waals surface area (Å²) in [7, 11) is 2.19. The van der Waals surface area contributed by atoms with Crippen molar-refractivity contribution in [3.05, 3.63) is 29.3 Å². The SMILES string of the molecule is Cc1ccc(N2CCN(C)CC2C)c(CN)c1. The summed E-state index contributed by atoms with van der Waals surface area (Å²) in [6.07, 6.45) is 0. The van der Waals surface area contributed by atoms with Crippen LogP contribution in [0.5, 0.6) is 0 Å². The van der Waals surface area contributed by atoms with Crippen LogP contribution in [0.25, 0.3) is 0 Å². The first-order chi connectivity index (χ1) is 8.11. The summed E-state index contributed by atoms with van der Waals surface area (Å²) in [6, 6.07) is 7.17. The molecule has 1 aromatic carbocycles. The summed E-state index contributed by atoms with van der Waals surface area (Å²) in [5, 5.41) is 0. The van der Waals surface area contributed by atoms with Gasteiger partial charge >= 0.3 is 0 Å². The van der Waals surface area contributed by atoms with Gasteiger partial charge in [-0.15, -0.1) is 0 Å². The highest BCUT2D eigenvalue weighted by Crippen LogP contribution is 2.25. The maximum Gasteiger partial charge on any atom is 0.0415 e. The van der Waals surface area contributed by atoms with Crippen molar-refractivity contribution in [2.24, 2.45) is 5.73 Å². The van der Waals surface area contributed by atoms with Crippen LogP contribution in [0.4, 0.5) is 5.69 Å². The molecule has 0 aliphatic carbocycles. The molecule has 0 bridgehead atoms. The van der Waals surface area contributed by atoms with Gasteiger partial charge in [0.15, 0.2) is 0 Å². The van der Waals surface area contributed by atoms with Crippen LogP contribution in [-0.2, 0) is 6.54 Å². The van der Waals surface area contributed by atoms with Crippen LogP contribution in [0.3, 0.4) is 0 Å². The molecule has 1 fully saturated rings. The maximum absolute atomic E-state index is 5.86. The van der Waals surface area contributed by atoms with Crippen molar-refractivity contribution in [1.29, 1.82) is 0 Å². The average molecular weight is 233 g/mol. The number of likely N-dealkylation sites (N-methyl/N-ethyl adjacent to an activating group) is 1. The second kappa shape index (κ2) is 5.07. The van der Waals surface area contributed by atoms with E-state index in [-0.39, 0.29) is 0 Å². The Morgan fingerprint density at radius 1 is 1.35 bits per heavy atom. The van der Waals surface area contributed by atoms with E-state index in [1.165, 1.54) is 16.8 Å². The standard InChI is InChI=1S/C14H23N3/c1-11-4-5-14(13(8-11)9-15)17-7-6-16(3)10-12(17)2/h4-5,8,12H,6-7,9-10,15H2,1-3H3.